The fourth-order valence-corrected chi connectivity index (χ4v) is 9.35. The number of hydrogen-bond donors (Lipinski definition) is 0. The Morgan fingerprint density at radius 1 is 0.377 bits per heavy atom. The van der Waals surface area contributed by atoms with Gasteiger partial charge in [0.2, 0.25) is 0 Å². The van der Waals surface area contributed by atoms with Crippen LogP contribution in [0.4, 0.5) is 58.4 Å². The molecule has 0 saturated carbocycles. The molecule has 3 nitrogen and oxygen atoms in total. The zero-order chi connectivity index (χ0) is 48.8. The summed E-state index contributed by atoms with van der Waals surface area (Å²) < 4.78 is 175. The van der Waals surface area contributed by atoms with Crippen LogP contribution in [0.1, 0.15) is 38.2 Å². The third-order valence-corrected chi connectivity index (χ3v) is 12.3. The van der Waals surface area contributed by atoms with Crippen molar-refractivity contribution in [1.82, 2.24) is 4.57 Å². The zero-order valence-corrected chi connectivity index (χ0v) is 35.2. The average Bonchev–Trinajstić information content (AvgIpc) is 3.85. The Labute approximate surface area is 384 Å². The molecule has 0 unspecified atom stereocenters. The molecule has 69 heavy (non-hydrogen) atoms. The molecule has 0 radical (unpaired) electrons. The molecule has 0 atom stereocenters. The number of hydrogen-bond acceptors (Lipinski definition) is 1. The summed E-state index contributed by atoms with van der Waals surface area (Å²) in [6.07, 6.45) is -21.1. The monoisotopic (exact) mass is 950 g/mol. The van der Waals surface area contributed by atoms with E-state index in [1.165, 1.54) is 41.0 Å². The van der Waals surface area contributed by atoms with E-state index >= 15 is 4.79 Å². The van der Waals surface area contributed by atoms with Gasteiger partial charge in [0.15, 0.2) is 0 Å². The Bertz CT molecular complexity index is 3360. The Morgan fingerprint density at radius 2 is 0.870 bits per heavy atom. The quantitative estimate of drug-likeness (QED) is 0.153. The number of alkyl halides is 12. The van der Waals surface area contributed by atoms with Gasteiger partial charge in [0, 0.05) is 16.3 Å². The highest BCUT2D eigenvalue weighted by Crippen LogP contribution is 2.50. The lowest BCUT2D eigenvalue weighted by Crippen LogP contribution is -2.24. The standard InChI is InChI=1S/C54H30F12N2O/c55-51(56,57)34-21-23-36(41(27-34)53(61,62)63)38-15-8-18-45-48(38)49-39(37-24-22-35(52(58,59)60)28-42(37)54(64,65)66)16-9-19-46(49)68(45)44-17-7-14-33-29-67(50(69)47(33)44)43-25-20-32(30-10-3-1-4-11-30)26-40(43)31-12-5-2-6-13-31/h1-28H,29H2. The van der Waals surface area contributed by atoms with E-state index in [0.717, 1.165) is 16.7 Å². The maximum atomic E-state index is 15.1. The van der Waals surface area contributed by atoms with E-state index in [9.17, 15) is 52.7 Å². The number of fused-ring (bicyclic) bond motifs is 4. The summed E-state index contributed by atoms with van der Waals surface area (Å²) in [5, 5.41) is -0.353. The Hall–Kier alpha value is -7.81. The van der Waals surface area contributed by atoms with Crippen molar-refractivity contribution in [3.05, 3.63) is 203 Å². The number of carbonyl (C=O) groups is 1. The molecule has 9 aromatic rings. The van der Waals surface area contributed by atoms with E-state index in [1.54, 1.807) is 23.1 Å². The van der Waals surface area contributed by atoms with Crippen LogP contribution in [0.3, 0.4) is 0 Å². The Morgan fingerprint density at radius 3 is 1.36 bits per heavy atom. The smallest absolute Gasteiger partial charge is 0.308 e. The number of anilines is 1. The molecule has 0 spiro atoms. The molecule has 1 amide bonds. The summed E-state index contributed by atoms with van der Waals surface area (Å²) >= 11 is 0. The molecule has 0 N–H and O–H groups in total. The van der Waals surface area contributed by atoms with Gasteiger partial charge in [0.25, 0.3) is 5.91 Å². The Balaban J connectivity index is 1.25. The molecular weight excluding hydrogens is 921 g/mol. The zero-order valence-electron chi connectivity index (χ0n) is 35.2. The van der Waals surface area contributed by atoms with Gasteiger partial charge in [-0.1, -0.05) is 115 Å². The fraction of sp³-hybridized carbons (Fsp3) is 0.0926. The van der Waals surface area contributed by atoms with Crippen molar-refractivity contribution in [2.24, 2.45) is 0 Å². The van der Waals surface area contributed by atoms with Gasteiger partial charge in [-0.25, -0.2) is 0 Å². The molecular formula is C54H30F12N2O. The first kappa shape index (κ1) is 45.0. The van der Waals surface area contributed by atoms with Crippen molar-refractivity contribution >= 4 is 33.4 Å². The molecule has 0 aliphatic carbocycles. The SMILES string of the molecule is O=C1c2c(cccc2-n2c3cccc(-c4ccc(C(F)(F)F)cc4C(F)(F)F)c3c3c(-c4ccc(C(F)(F)F)cc4C(F)(F)F)cccc32)CN1c1ccc(-c2ccccc2)cc1-c1ccccc1. The second-order valence-electron chi connectivity index (χ2n) is 16.4. The van der Waals surface area contributed by atoms with Crippen LogP contribution < -0.4 is 4.90 Å². The van der Waals surface area contributed by atoms with Gasteiger partial charge in [-0.15, -0.1) is 0 Å². The molecule has 0 fully saturated rings. The first-order valence-corrected chi connectivity index (χ1v) is 21.0. The topological polar surface area (TPSA) is 25.2 Å². The van der Waals surface area contributed by atoms with Crippen LogP contribution in [0.15, 0.2) is 170 Å². The number of rotatable bonds is 6. The number of benzene rings is 8. The fourth-order valence-electron chi connectivity index (χ4n) is 9.35. The van der Waals surface area contributed by atoms with Gasteiger partial charge in [-0.05, 0) is 99.1 Å². The van der Waals surface area contributed by atoms with E-state index in [4.69, 9.17) is 0 Å². The van der Waals surface area contributed by atoms with Gasteiger partial charge in [-0.2, -0.15) is 52.7 Å². The van der Waals surface area contributed by atoms with Crippen LogP contribution in [0.2, 0.25) is 0 Å². The lowest BCUT2D eigenvalue weighted by atomic mass is 9.90. The van der Waals surface area contributed by atoms with Gasteiger partial charge in [-0.3, -0.25) is 4.79 Å². The first-order valence-electron chi connectivity index (χ1n) is 21.0. The minimum atomic E-state index is -5.38. The van der Waals surface area contributed by atoms with E-state index in [1.807, 2.05) is 78.9 Å². The molecule has 2 heterocycles. The van der Waals surface area contributed by atoms with Crippen LogP contribution in [0.25, 0.3) is 72.0 Å². The summed E-state index contributed by atoms with van der Waals surface area (Å²) in [6, 6.07) is 39.3. The van der Waals surface area contributed by atoms with Crippen molar-refractivity contribution in [3.8, 4) is 50.2 Å². The van der Waals surface area contributed by atoms with Crippen LogP contribution >= 0.6 is 0 Å². The summed E-state index contributed by atoms with van der Waals surface area (Å²) in [4.78, 5) is 16.7. The minimum Gasteiger partial charge on any atom is -0.308 e. The lowest BCUT2D eigenvalue weighted by Gasteiger charge is -2.21. The van der Waals surface area contributed by atoms with E-state index < -0.39 is 64.0 Å². The molecule has 0 saturated heterocycles. The largest absolute Gasteiger partial charge is 0.417 e. The predicted octanol–water partition coefficient (Wildman–Crippen LogP) is 16.7. The highest BCUT2D eigenvalue weighted by atomic mass is 19.4. The maximum Gasteiger partial charge on any atom is 0.417 e. The van der Waals surface area contributed by atoms with Crippen LogP contribution in [0, 0.1) is 0 Å². The van der Waals surface area contributed by atoms with Crippen molar-refractivity contribution in [2.75, 3.05) is 4.90 Å². The molecule has 1 aromatic heterocycles. The normalized spacial score (nSPS) is 13.4. The van der Waals surface area contributed by atoms with Crippen LogP contribution in [-0.2, 0) is 31.2 Å². The highest BCUT2D eigenvalue weighted by molar-refractivity contribution is 6.22. The van der Waals surface area contributed by atoms with Crippen molar-refractivity contribution in [3.63, 3.8) is 0 Å². The molecule has 0 bridgehead atoms. The molecule has 10 rings (SSSR count). The second kappa shape index (κ2) is 16.2. The predicted molar refractivity (Wildman–Crippen MR) is 239 cm³/mol. The number of aromatic nitrogens is 1. The summed E-state index contributed by atoms with van der Waals surface area (Å²) in [7, 11) is 0. The maximum absolute atomic E-state index is 15.1. The van der Waals surface area contributed by atoms with Crippen molar-refractivity contribution < 1.29 is 57.5 Å². The third-order valence-electron chi connectivity index (χ3n) is 12.3. The van der Waals surface area contributed by atoms with Gasteiger partial charge < -0.3 is 9.47 Å². The van der Waals surface area contributed by atoms with Crippen LogP contribution in [0.5, 0.6) is 0 Å². The van der Waals surface area contributed by atoms with Gasteiger partial charge in [0.05, 0.1) is 56.8 Å². The second-order valence-corrected chi connectivity index (χ2v) is 16.4. The average molecular weight is 951 g/mol. The molecule has 1 aliphatic rings. The lowest BCUT2D eigenvalue weighted by molar-refractivity contribution is -0.144. The molecule has 346 valence electrons. The van der Waals surface area contributed by atoms with Crippen LogP contribution in [-0.4, -0.2) is 10.5 Å². The number of nitrogens with zero attached hydrogens (tertiary/aromatic N) is 2. The highest BCUT2D eigenvalue weighted by Gasteiger charge is 2.41. The molecule has 1 aliphatic heterocycles. The summed E-state index contributed by atoms with van der Waals surface area (Å²) in [5.74, 6) is -0.503. The van der Waals surface area contributed by atoms with Gasteiger partial charge in [0.1, 0.15) is 0 Å². The first-order chi connectivity index (χ1) is 32.7. The van der Waals surface area contributed by atoms with E-state index in [2.05, 4.69) is 0 Å². The number of amides is 1. The van der Waals surface area contributed by atoms with E-state index in [-0.39, 0.29) is 62.9 Å². The minimum absolute atomic E-state index is 0.0280. The van der Waals surface area contributed by atoms with E-state index in [0.29, 0.717) is 41.1 Å². The number of carbonyl (C=O) groups excluding carboxylic acids is 1. The summed E-state index contributed by atoms with van der Waals surface area (Å²) in [5.41, 5.74) is -4.17. The van der Waals surface area contributed by atoms with Crippen molar-refractivity contribution in [2.45, 2.75) is 31.2 Å². The summed E-state index contributed by atoms with van der Waals surface area (Å²) in [6.45, 7) is 0.0428. The third kappa shape index (κ3) is 7.84. The molecule has 15 heteroatoms. The van der Waals surface area contributed by atoms with Gasteiger partial charge >= 0.3 is 24.7 Å². The Kier molecular flexibility index (Phi) is 10.5. The van der Waals surface area contributed by atoms with Crippen molar-refractivity contribution in [1.29, 1.82) is 0 Å². The molecule has 8 aromatic carbocycles. The number of halogens is 12.